The van der Waals surface area contributed by atoms with Gasteiger partial charge in [0.2, 0.25) is 0 Å². The van der Waals surface area contributed by atoms with Crippen LogP contribution in [0.2, 0.25) is 18.1 Å². The molecule has 0 amide bonds. The first-order valence-electron chi connectivity index (χ1n) is 6.03. The smallest absolute Gasteiger partial charge is 0.192 e. The fourth-order valence-electron chi connectivity index (χ4n) is 1.13. The van der Waals surface area contributed by atoms with E-state index in [0.717, 1.165) is 5.56 Å². The maximum absolute atomic E-state index is 6.05. The van der Waals surface area contributed by atoms with E-state index in [-0.39, 0.29) is 5.04 Å². The molecule has 0 atom stereocenters. The lowest BCUT2D eigenvalue weighted by molar-refractivity contribution is 0.328. The summed E-state index contributed by atoms with van der Waals surface area (Å²) in [7, 11) is -1.61. The Balaban J connectivity index is 2.46. The molecule has 0 aromatic carbocycles. The Hall–Kier alpha value is -0.933. The van der Waals surface area contributed by atoms with E-state index in [0.29, 0.717) is 6.61 Å². The molecule has 0 aliphatic heterocycles. The van der Waals surface area contributed by atoms with Crippen molar-refractivity contribution >= 4 is 14.4 Å². The van der Waals surface area contributed by atoms with Gasteiger partial charge < -0.3 is 4.43 Å². The Morgan fingerprint density at radius 3 is 2.59 bits per heavy atom. The number of pyridine rings is 1. The summed E-state index contributed by atoms with van der Waals surface area (Å²) < 4.78 is 6.05. The van der Waals surface area contributed by atoms with Gasteiger partial charge in [0.05, 0.1) is 6.61 Å². The van der Waals surface area contributed by atoms with E-state index in [2.05, 4.69) is 51.0 Å². The van der Waals surface area contributed by atoms with Gasteiger partial charge in [0, 0.05) is 12.4 Å². The monoisotopic (exact) mass is 249 g/mol. The number of aromatic nitrogens is 1. The third-order valence-corrected chi connectivity index (χ3v) is 7.84. The van der Waals surface area contributed by atoms with Crippen LogP contribution in [0, 0.1) is 0 Å². The van der Waals surface area contributed by atoms with Crippen LogP contribution in [-0.2, 0) is 4.43 Å². The van der Waals surface area contributed by atoms with Crippen LogP contribution in [0.3, 0.4) is 0 Å². The predicted octanol–water partition coefficient (Wildman–Crippen LogP) is 4.12. The van der Waals surface area contributed by atoms with E-state index in [1.807, 2.05) is 18.3 Å². The van der Waals surface area contributed by atoms with Crippen molar-refractivity contribution in [3.63, 3.8) is 0 Å². The molecule has 0 saturated carbocycles. The second-order valence-electron chi connectivity index (χ2n) is 5.76. The molecule has 0 radical (unpaired) electrons. The lowest BCUT2D eigenvalue weighted by atomic mass is 10.2. The fraction of sp³-hybridized carbons (Fsp3) is 0.500. The van der Waals surface area contributed by atoms with Crippen molar-refractivity contribution in [3.05, 3.63) is 36.2 Å². The normalized spacial score (nSPS) is 13.2. The molecule has 0 fully saturated rings. The van der Waals surface area contributed by atoms with Crippen LogP contribution in [0.15, 0.2) is 30.6 Å². The minimum Gasteiger partial charge on any atom is -0.413 e. The van der Waals surface area contributed by atoms with Crippen LogP contribution in [0.4, 0.5) is 0 Å². The van der Waals surface area contributed by atoms with Gasteiger partial charge in [0.25, 0.3) is 0 Å². The first-order valence-corrected chi connectivity index (χ1v) is 8.94. The fourth-order valence-corrected chi connectivity index (χ4v) is 2.08. The zero-order chi connectivity index (χ0) is 12.9. The predicted molar refractivity (Wildman–Crippen MR) is 76.4 cm³/mol. The van der Waals surface area contributed by atoms with Gasteiger partial charge in [-0.3, -0.25) is 4.98 Å². The molecular formula is C14H23NOSi. The van der Waals surface area contributed by atoms with Gasteiger partial charge in [0.15, 0.2) is 8.32 Å². The Kier molecular flexibility index (Phi) is 4.66. The zero-order valence-corrected chi connectivity index (χ0v) is 12.5. The Bertz CT molecular complexity index is 366. The number of rotatable bonds is 4. The van der Waals surface area contributed by atoms with Crippen molar-refractivity contribution in [1.82, 2.24) is 4.98 Å². The second-order valence-corrected chi connectivity index (χ2v) is 10.6. The van der Waals surface area contributed by atoms with E-state index in [9.17, 15) is 0 Å². The van der Waals surface area contributed by atoms with Crippen LogP contribution in [0.1, 0.15) is 26.3 Å². The van der Waals surface area contributed by atoms with Crippen LogP contribution in [0.25, 0.3) is 6.08 Å². The second kappa shape index (κ2) is 5.60. The summed E-state index contributed by atoms with van der Waals surface area (Å²) in [6.07, 6.45) is 7.75. The van der Waals surface area contributed by atoms with E-state index in [4.69, 9.17) is 4.43 Å². The molecule has 0 unspecified atom stereocenters. The molecular weight excluding hydrogens is 226 g/mol. The minimum absolute atomic E-state index is 0.273. The summed E-state index contributed by atoms with van der Waals surface area (Å²) in [5, 5.41) is 0.273. The molecule has 0 spiro atoms. The maximum Gasteiger partial charge on any atom is 0.192 e. The first kappa shape index (κ1) is 14.1. The van der Waals surface area contributed by atoms with Gasteiger partial charge in [-0.2, -0.15) is 0 Å². The average molecular weight is 249 g/mol. The Labute approximate surface area is 106 Å². The summed E-state index contributed by atoms with van der Waals surface area (Å²) in [5.41, 5.74) is 1.12. The van der Waals surface area contributed by atoms with E-state index in [1.54, 1.807) is 6.20 Å². The molecule has 1 rings (SSSR count). The highest BCUT2D eigenvalue weighted by Crippen LogP contribution is 2.36. The van der Waals surface area contributed by atoms with Gasteiger partial charge in [-0.15, -0.1) is 0 Å². The molecule has 17 heavy (non-hydrogen) atoms. The summed E-state index contributed by atoms with van der Waals surface area (Å²) in [4.78, 5) is 4.07. The van der Waals surface area contributed by atoms with E-state index in [1.165, 1.54) is 0 Å². The Morgan fingerprint density at radius 1 is 1.35 bits per heavy atom. The first-order chi connectivity index (χ1) is 7.83. The molecule has 0 bridgehead atoms. The zero-order valence-electron chi connectivity index (χ0n) is 11.5. The van der Waals surface area contributed by atoms with Gasteiger partial charge in [0.1, 0.15) is 0 Å². The Morgan fingerprint density at radius 2 is 2.06 bits per heavy atom. The number of hydrogen-bond donors (Lipinski definition) is 0. The van der Waals surface area contributed by atoms with Crippen molar-refractivity contribution in [1.29, 1.82) is 0 Å². The standard InChI is InChI=1S/C14H23NOSi/c1-14(2,3)17(4,5)16-11-7-9-13-8-6-10-15-12-13/h6-10,12H,11H2,1-5H3/b9-7+. The van der Waals surface area contributed by atoms with Crippen molar-refractivity contribution in [3.8, 4) is 0 Å². The number of nitrogens with zero attached hydrogens (tertiary/aromatic N) is 1. The number of hydrogen-bond acceptors (Lipinski definition) is 2. The van der Waals surface area contributed by atoms with Crippen LogP contribution in [-0.4, -0.2) is 19.9 Å². The molecule has 3 heteroatoms. The molecule has 0 aliphatic carbocycles. The van der Waals surface area contributed by atoms with Crippen molar-refractivity contribution in [2.75, 3.05) is 6.61 Å². The molecule has 0 N–H and O–H groups in total. The summed E-state index contributed by atoms with van der Waals surface area (Å²) in [6.45, 7) is 12.0. The summed E-state index contributed by atoms with van der Waals surface area (Å²) in [6, 6.07) is 3.98. The highest BCUT2D eigenvalue weighted by Gasteiger charge is 2.36. The lowest BCUT2D eigenvalue weighted by Gasteiger charge is -2.35. The third kappa shape index (κ3) is 4.44. The molecule has 1 aromatic heterocycles. The van der Waals surface area contributed by atoms with Gasteiger partial charge in [-0.05, 0) is 29.8 Å². The van der Waals surface area contributed by atoms with E-state index >= 15 is 0 Å². The van der Waals surface area contributed by atoms with E-state index < -0.39 is 8.32 Å². The lowest BCUT2D eigenvalue weighted by Crippen LogP contribution is -2.40. The molecule has 2 nitrogen and oxygen atoms in total. The van der Waals surface area contributed by atoms with Gasteiger partial charge >= 0.3 is 0 Å². The topological polar surface area (TPSA) is 22.1 Å². The SMILES string of the molecule is CC(C)(C)[Si](C)(C)OC/C=C/c1cccnc1. The van der Waals surface area contributed by atoms with Crippen molar-refractivity contribution in [2.45, 2.75) is 38.9 Å². The van der Waals surface area contributed by atoms with Gasteiger partial charge in [-0.1, -0.05) is 39.0 Å². The van der Waals surface area contributed by atoms with Gasteiger partial charge in [-0.25, -0.2) is 0 Å². The average Bonchev–Trinajstić information content (AvgIpc) is 2.24. The van der Waals surface area contributed by atoms with Crippen molar-refractivity contribution < 1.29 is 4.43 Å². The van der Waals surface area contributed by atoms with Crippen molar-refractivity contribution in [2.24, 2.45) is 0 Å². The third-order valence-electron chi connectivity index (χ3n) is 3.34. The molecule has 1 heterocycles. The molecule has 1 aromatic rings. The summed E-state index contributed by atoms with van der Waals surface area (Å²) >= 11 is 0. The quantitative estimate of drug-likeness (QED) is 0.749. The maximum atomic E-state index is 6.05. The van der Waals surface area contributed by atoms with Crippen LogP contribution >= 0.6 is 0 Å². The highest BCUT2D eigenvalue weighted by molar-refractivity contribution is 6.74. The summed E-state index contributed by atoms with van der Waals surface area (Å²) in [5.74, 6) is 0. The minimum atomic E-state index is -1.61. The molecule has 0 saturated heterocycles. The largest absolute Gasteiger partial charge is 0.413 e. The molecule has 94 valence electrons. The van der Waals surface area contributed by atoms with Crippen LogP contribution < -0.4 is 0 Å². The highest BCUT2D eigenvalue weighted by atomic mass is 28.4. The molecule has 0 aliphatic rings. The van der Waals surface area contributed by atoms with Crippen LogP contribution in [0.5, 0.6) is 0 Å².